The van der Waals surface area contributed by atoms with Crippen molar-refractivity contribution in [1.82, 2.24) is 15.1 Å². The average Bonchev–Trinajstić information content (AvgIpc) is 3.08. The van der Waals surface area contributed by atoms with Crippen LogP contribution in [0.5, 0.6) is 0 Å². The SMILES string of the molecule is CCN1CCN(C2(C(=O)NCCC(=O)OC)Cc3ccccc3C2)CC1. The van der Waals surface area contributed by atoms with Crippen LogP contribution in [0.2, 0.25) is 0 Å². The number of amides is 1. The molecule has 6 nitrogen and oxygen atoms in total. The lowest BCUT2D eigenvalue weighted by atomic mass is 9.90. The standard InChI is InChI=1S/C20H29N3O3/c1-3-22-10-12-23(13-11-22)20(19(25)21-9-8-18(24)26-2)14-16-6-4-5-7-17(16)15-20/h4-7H,3,8-15H2,1-2H3,(H,21,25). The molecule has 1 amide bonds. The molecule has 2 aliphatic rings. The summed E-state index contributed by atoms with van der Waals surface area (Å²) >= 11 is 0. The molecular weight excluding hydrogens is 330 g/mol. The number of esters is 1. The molecule has 1 aliphatic carbocycles. The molecule has 1 aromatic carbocycles. The van der Waals surface area contributed by atoms with E-state index in [1.807, 2.05) is 12.1 Å². The van der Waals surface area contributed by atoms with Crippen LogP contribution >= 0.6 is 0 Å². The predicted octanol–water partition coefficient (Wildman–Crippen LogP) is 0.841. The number of carbonyl (C=O) groups excluding carboxylic acids is 2. The Hall–Kier alpha value is -1.92. The van der Waals surface area contributed by atoms with Gasteiger partial charge in [-0.25, -0.2) is 0 Å². The van der Waals surface area contributed by atoms with E-state index in [1.54, 1.807) is 0 Å². The van der Waals surface area contributed by atoms with Gasteiger partial charge in [0.15, 0.2) is 0 Å². The summed E-state index contributed by atoms with van der Waals surface area (Å²) < 4.78 is 4.67. The van der Waals surface area contributed by atoms with Crippen LogP contribution in [0, 0.1) is 0 Å². The van der Waals surface area contributed by atoms with Crippen molar-refractivity contribution in [3.05, 3.63) is 35.4 Å². The largest absolute Gasteiger partial charge is 0.469 e. The minimum atomic E-state index is -0.542. The molecule has 0 radical (unpaired) electrons. The first kappa shape index (κ1) is 18.9. The third-order valence-corrected chi connectivity index (χ3v) is 5.77. The van der Waals surface area contributed by atoms with Crippen molar-refractivity contribution >= 4 is 11.9 Å². The van der Waals surface area contributed by atoms with Crippen molar-refractivity contribution in [3.63, 3.8) is 0 Å². The smallest absolute Gasteiger partial charge is 0.307 e. The second-order valence-electron chi connectivity index (χ2n) is 7.16. The average molecular weight is 359 g/mol. The van der Waals surface area contributed by atoms with E-state index in [0.29, 0.717) is 6.54 Å². The van der Waals surface area contributed by atoms with E-state index in [4.69, 9.17) is 0 Å². The number of hydrogen-bond donors (Lipinski definition) is 1. The van der Waals surface area contributed by atoms with Crippen molar-refractivity contribution in [1.29, 1.82) is 0 Å². The number of nitrogens with zero attached hydrogens (tertiary/aromatic N) is 2. The first-order valence-electron chi connectivity index (χ1n) is 9.48. The number of rotatable bonds is 6. The fourth-order valence-corrected chi connectivity index (χ4v) is 4.16. The Bertz CT molecular complexity index is 628. The van der Waals surface area contributed by atoms with Gasteiger partial charge in [0.25, 0.3) is 0 Å². The molecule has 1 aliphatic heterocycles. The summed E-state index contributed by atoms with van der Waals surface area (Å²) in [6, 6.07) is 8.33. The lowest BCUT2D eigenvalue weighted by Crippen LogP contribution is -2.64. The number of nitrogens with one attached hydrogen (secondary N) is 1. The highest BCUT2D eigenvalue weighted by molar-refractivity contribution is 5.88. The number of fused-ring (bicyclic) bond motifs is 1. The third-order valence-electron chi connectivity index (χ3n) is 5.77. The van der Waals surface area contributed by atoms with Crippen LogP contribution in [-0.4, -0.2) is 73.6 Å². The van der Waals surface area contributed by atoms with Gasteiger partial charge < -0.3 is 15.0 Å². The van der Waals surface area contributed by atoms with Crippen LogP contribution in [-0.2, 0) is 27.2 Å². The first-order chi connectivity index (χ1) is 12.6. The zero-order valence-electron chi connectivity index (χ0n) is 15.8. The van der Waals surface area contributed by atoms with Crippen molar-refractivity contribution < 1.29 is 14.3 Å². The highest BCUT2D eigenvalue weighted by atomic mass is 16.5. The summed E-state index contributed by atoms with van der Waals surface area (Å²) in [5.41, 5.74) is 1.97. The maximum Gasteiger partial charge on any atom is 0.307 e. The quantitative estimate of drug-likeness (QED) is 0.763. The molecule has 26 heavy (non-hydrogen) atoms. The van der Waals surface area contributed by atoms with E-state index in [-0.39, 0.29) is 18.3 Å². The van der Waals surface area contributed by atoms with Crippen LogP contribution in [0.4, 0.5) is 0 Å². The molecule has 1 heterocycles. The fraction of sp³-hybridized carbons (Fsp3) is 0.600. The third kappa shape index (κ3) is 3.76. The molecule has 0 saturated carbocycles. The minimum Gasteiger partial charge on any atom is -0.469 e. The minimum absolute atomic E-state index is 0.0301. The van der Waals surface area contributed by atoms with Gasteiger partial charge in [0, 0.05) is 45.6 Å². The molecule has 3 rings (SSSR count). The van der Waals surface area contributed by atoms with Gasteiger partial charge in [0.1, 0.15) is 5.54 Å². The van der Waals surface area contributed by atoms with E-state index in [9.17, 15) is 9.59 Å². The summed E-state index contributed by atoms with van der Waals surface area (Å²) in [5, 5.41) is 2.99. The van der Waals surface area contributed by atoms with Crippen LogP contribution in [0.3, 0.4) is 0 Å². The van der Waals surface area contributed by atoms with Gasteiger partial charge in [-0.2, -0.15) is 0 Å². The van der Waals surface area contributed by atoms with Crippen LogP contribution in [0.25, 0.3) is 0 Å². The van der Waals surface area contributed by atoms with E-state index in [0.717, 1.165) is 45.6 Å². The van der Waals surface area contributed by atoms with Crippen molar-refractivity contribution in [2.24, 2.45) is 0 Å². The molecule has 1 aromatic rings. The van der Waals surface area contributed by atoms with Crippen molar-refractivity contribution in [2.45, 2.75) is 31.7 Å². The molecule has 1 fully saturated rings. The predicted molar refractivity (Wildman–Crippen MR) is 99.9 cm³/mol. The van der Waals surface area contributed by atoms with Crippen molar-refractivity contribution in [2.75, 3.05) is 46.4 Å². The Morgan fingerprint density at radius 1 is 1.12 bits per heavy atom. The summed E-state index contributed by atoms with van der Waals surface area (Å²) in [5.74, 6) is -0.270. The van der Waals surface area contributed by atoms with E-state index >= 15 is 0 Å². The lowest BCUT2D eigenvalue weighted by Gasteiger charge is -2.44. The van der Waals surface area contributed by atoms with Gasteiger partial charge in [-0.05, 0) is 17.7 Å². The molecule has 0 atom stereocenters. The molecule has 142 valence electrons. The zero-order valence-corrected chi connectivity index (χ0v) is 15.8. The van der Waals surface area contributed by atoms with E-state index in [1.165, 1.54) is 18.2 Å². The lowest BCUT2D eigenvalue weighted by molar-refractivity contribution is -0.140. The fourth-order valence-electron chi connectivity index (χ4n) is 4.16. The summed E-state index contributed by atoms with van der Waals surface area (Å²) in [6.07, 6.45) is 1.67. The molecule has 0 unspecified atom stereocenters. The number of carbonyl (C=O) groups is 2. The molecule has 1 saturated heterocycles. The first-order valence-corrected chi connectivity index (χ1v) is 9.48. The highest BCUT2D eigenvalue weighted by Crippen LogP contribution is 2.35. The van der Waals surface area contributed by atoms with Gasteiger partial charge >= 0.3 is 5.97 Å². The topological polar surface area (TPSA) is 61.9 Å². The van der Waals surface area contributed by atoms with Crippen LogP contribution in [0.1, 0.15) is 24.5 Å². The van der Waals surface area contributed by atoms with Gasteiger partial charge in [-0.1, -0.05) is 31.2 Å². The Labute approximate surface area is 155 Å². The second kappa shape index (κ2) is 8.18. The van der Waals surface area contributed by atoms with E-state index in [2.05, 4.69) is 38.9 Å². The normalized spacial score (nSPS) is 19.8. The number of methoxy groups -OCH3 is 1. The monoisotopic (exact) mass is 359 g/mol. The molecule has 0 bridgehead atoms. The molecular formula is C20H29N3O3. The summed E-state index contributed by atoms with van der Waals surface area (Å²) in [4.78, 5) is 29.4. The van der Waals surface area contributed by atoms with Crippen LogP contribution < -0.4 is 5.32 Å². The second-order valence-corrected chi connectivity index (χ2v) is 7.16. The Balaban J connectivity index is 1.75. The van der Waals surface area contributed by atoms with E-state index < -0.39 is 5.54 Å². The number of ether oxygens (including phenoxy) is 1. The molecule has 0 spiro atoms. The number of hydrogen-bond acceptors (Lipinski definition) is 5. The maximum absolute atomic E-state index is 13.2. The highest BCUT2D eigenvalue weighted by Gasteiger charge is 2.48. The zero-order chi connectivity index (χ0) is 18.6. The summed E-state index contributed by atoms with van der Waals surface area (Å²) in [6.45, 7) is 7.31. The number of piperazine rings is 1. The molecule has 1 N–H and O–H groups in total. The van der Waals surface area contributed by atoms with Crippen LogP contribution in [0.15, 0.2) is 24.3 Å². The van der Waals surface area contributed by atoms with Gasteiger partial charge in [-0.3, -0.25) is 14.5 Å². The van der Waals surface area contributed by atoms with Gasteiger partial charge in [0.2, 0.25) is 5.91 Å². The summed E-state index contributed by atoms with van der Waals surface area (Å²) in [7, 11) is 1.37. The maximum atomic E-state index is 13.2. The Kier molecular flexibility index (Phi) is 5.94. The Morgan fingerprint density at radius 3 is 2.27 bits per heavy atom. The Morgan fingerprint density at radius 2 is 1.73 bits per heavy atom. The van der Waals surface area contributed by atoms with Gasteiger partial charge in [-0.15, -0.1) is 0 Å². The van der Waals surface area contributed by atoms with Gasteiger partial charge in [0.05, 0.1) is 13.5 Å². The number of benzene rings is 1. The molecule has 6 heteroatoms. The number of likely N-dealkylation sites (N-methyl/N-ethyl adjacent to an activating group) is 1. The van der Waals surface area contributed by atoms with Crippen molar-refractivity contribution in [3.8, 4) is 0 Å². The molecule has 0 aromatic heterocycles.